The zero-order chi connectivity index (χ0) is 32.5. The summed E-state index contributed by atoms with van der Waals surface area (Å²) in [7, 11) is 0. The number of benzene rings is 4. The number of fused-ring (bicyclic) bond motifs is 1. The molecular weight excluding hydrogens is 600 g/mol. The third-order valence-electron chi connectivity index (χ3n) is 7.92. The lowest BCUT2D eigenvalue weighted by Gasteiger charge is -2.31. The molecule has 2 aliphatic heterocycles. The van der Waals surface area contributed by atoms with Crippen LogP contribution >= 0.6 is 0 Å². The van der Waals surface area contributed by atoms with Gasteiger partial charge in [-0.25, -0.2) is 10.4 Å². The van der Waals surface area contributed by atoms with Crippen LogP contribution in [0.1, 0.15) is 40.3 Å². The first kappa shape index (κ1) is 31.4. The standard InChI is InChI=1S/C35H34N6O6/c36-41-38-22-27-9-4-5-10-29(27)32-35(20-24-7-2-1-3-8-24,34(43)40-37-21-25-11-16-30-31(19-25)46-23-45-30)39-33(47-32)26-12-14-28(15-13-26)44-18-6-17-42/h1-5,7-16,19,32,37,42H,6,17-18,20-23H2,(H,40,43)/t32-,35-/m0/s1. The van der Waals surface area contributed by atoms with E-state index in [1.54, 1.807) is 12.1 Å². The maximum atomic E-state index is 14.5. The number of aliphatic hydroxyl groups excluding tert-OH is 1. The number of aliphatic imine (C=N–C) groups is 1. The van der Waals surface area contributed by atoms with Crippen LogP contribution < -0.4 is 25.1 Å². The van der Waals surface area contributed by atoms with Crippen molar-refractivity contribution < 1.29 is 28.8 Å². The number of nitrogens with one attached hydrogen (secondary N) is 2. The number of rotatable bonds is 14. The normalized spacial score (nSPS) is 17.7. The Labute approximate surface area is 271 Å². The van der Waals surface area contributed by atoms with Crippen LogP contribution in [0.4, 0.5) is 0 Å². The molecule has 0 aliphatic carbocycles. The lowest BCUT2D eigenvalue weighted by molar-refractivity contribution is -0.130. The Kier molecular flexibility index (Phi) is 9.83. The molecule has 0 fully saturated rings. The quantitative estimate of drug-likeness (QED) is 0.0557. The zero-order valence-electron chi connectivity index (χ0n) is 25.5. The summed E-state index contributed by atoms with van der Waals surface area (Å²) in [5, 5.41) is 12.9. The summed E-state index contributed by atoms with van der Waals surface area (Å²) in [6.45, 7) is 0.997. The highest BCUT2D eigenvalue weighted by Crippen LogP contribution is 2.44. The van der Waals surface area contributed by atoms with Crippen LogP contribution in [0.25, 0.3) is 10.4 Å². The van der Waals surface area contributed by atoms with Gasteiger partial charge in [-0.2, -0.15) is 0 Å². The summed E-state index contributed by atoms with van der Waals surface area (Å²) in [4.78, 5) is 22.5. The molecule has 0 unspecified atom stereocenters. The van der Waals surface area contributed by atoms with Crippen molar-refractivity contribution in [3.63, 3.8) is 0 Å². The predicted molar refractivity (Wildman–Crippen MR) is 174 cm³/mol. The van der Waals surface area contributed by atoms with Crippen molar-refractivity contribution >= 4 is 11.8 Å². The van der Waals surface area contributed by atoms with E-state index in [0.717, 1.165) is 16.7 Å². The molecule has 12 nitrogen and oxygen atoms in total. The average Bonchev–Trinajstić information content (AvgIpc) is 3.74. The number of azide groups is 1. The molecule has 6 rings (SSSR count). The Morgan fingerprint density at radius 2 is 1.79 bits per heavy atom. The molecule has 0 saturated heterocycles. The van der Waals surface area contributed by atoms with Gasteiger partial charge in [-0.1, -0.05) is 65.8 Å². The van der Waals surface area contributed by atoms with Gasteiger partial charge in [0.15, 0.2) is 23.1 Å². The molecule has 2 heterocycles. The molecule has 2 atom stereocenters. The van der Waals surface area contributed by atoms with Gasteiger partial charge in [-0.05, 0) is 64.2 Å². The molecule has 2 aliphatic rings. The summed E-state index contributed by atoms with van der Waals surface area (Å²) in [5.74, 6) is 1.85. The maximum Gasteiger partial charge on any atom is 0.266 e. The monoisotopic (exact) mass is 634 g/mol. The van der Waals surface area contributed by atoms with Crippen molar-refractivity contribution in [2.75, 3.05) is 20.0 Å². The molecule has 47 heavy (non-hydrogen) atoms. The van der Waals surface area contributed by atoms with E-state index < -0.39 is 17.6 Å². The number of ether oxygens (including phenoxy) is 4. The first-order valence-corrected chi connectivity index (χ1v) is 15.2. The summed E-state index contributed by atoms with van der Waals surface area (Å²) >= 11 is 0. The molecule has 0 spiro atoms. The van der Waals surface area contributed by atoms with Crippen LogP contribution in [0.3, 0.4) is 0 Å². The van der Waals surface area contributed by atoms with E-state index in [1.165, 1.54) is 0 Å². The second-order valence-corrected chi connectivity index (χ2v) is 11.0. The largest absolute Gasteiger partial charge is 0.494 e. The molecular formula is C35H34N6O6. The highest BCUT2D eigenvalue weighted by molar-refractivity contribution is 6.01. The lowest BCUT2D eigenvalue weighted by Crippen LogP contribution is -2.53. The van der Waals surface area contributed by atoms with Crippen LogP contribution in [-0.2, 0) is 29.0 Å². The molecule has 0 aromatic heterocycles. The number of carbonyl (C=O) groups excluding carboxylic acids is 1. The Bertz CT molecular complexity index is 1780. The van der Waals surface area contributed by atoms with Crippen LogP contribution in [0.5, 0.6) is 17.2 Å². The summed E-state index contributed by atoms with van der Waals surface area (Å²) in [6.07, 6.45) is -0.123. The van der Waals surface area contributed by atoms with Gasteiger partial charge in [0.2, 0.25) is 12.7 Å². The number of hydrogen-bond acceptors (Lipinski definition) is 9. The number of hydrogen-bond donors (Lipinski definition) is 3. The van der Waals surface area contributed by atoms with E-state index >= 15 is 0 Å². The van der Waals surface area contributed by atoms with Crippen molar-refractivity contribution in [1.29, 1.82) is 0 Å². The smallest absolute Gasteiger partial charge is 0.266 e. The SMILES string of the molecule is [N-]=[N+]=NCc1ccccc1[C@@H]1OC(c2ccc(OCCCO)cc2)=N[C@]1(Cc1ccccc1)C(=O)NNCc1ccc2c(c1)OCO2. The van der Waals surface area contributed by atoms with Gasteiger partial charge in [-0.3, -0.25) is 10.2 Å². The third kappa shape index (κ3) is 7.15. The molecule has 0 saturated carbocycles. The number of carbonyl (C=O) groups is 1. The highest BCUT2D eigenvalue weighted by Gasteiger charge is 2.54. The molecule has 0 bridgehead atoms. The Balaban J connectivity index is 1.36. The van der Waals surface area contributed by atoms with Crippen LogP contribution in [0, 0.1) is 0 Å². The van der Waals surface area contributed by atoms with E-state index in [9.17, 15) is 4.79 Å². The second kappa shape index (κ2) is 14.7. The number of nitrogens with zero attached hydrogens (tertiary/aromatic N) is 4. The Morgan fingerprint density at radius 1 is 1.00 bits per heavy atom. The van der Waals surface area contributed by atoms with Gasteiger partial charge in [0.1, 0.15) is 5.75 Å². The van der Waals surface area contributed by atoms with E-state index in [-0.39, 0.29) is 32.3 Å². The van der Waals surface area contributed by atoms with E-state index in [0.29, 0.717) is 47.9 Å². The van der Waals surface area contributed by atoms with Crippen molar-refractivity contribution in [3.8, 4) is 17.2 Å². The van der Waals surface area contributed by atoms with Gasteiger partial charge < -0.3 is 24.1 Å². The molecule has 1 amide bonds. The number of hydrazine groups is 1. The fourth-order valence-corrected chi connectivity index (χ4v) is 5.59. The first-order valence-electron chi connectivity index (χ1n) is 15.2. The van der Waals surface area contributed by atoms with Crippen molar-refractivity contribution in [2.24, 2.45) is 10.1 Å². The average molecular weight is 635 g/mol. The van der Waals surface area contributed by atoms with Gasteiger partial charge in [0, 0.05) is 36.5 Å². The van der Waals surface area contributed by atoms with Crippen molar-refractivity contribution in [3.05, 3.63) is 135 Å². The van der Waals surface area contributed by atoms with Crippen LogP contribution in [-0.4, -0.2) is 42.5 Å². The highest BCUT2D eigenvalue weighted by atomic mass is 16.7. The molecule has 0 radical (unpaired) electrons. The van der Waals surface area contributed by atoms with E-state index in [2.05, 4.69) is 20.9 Å². The summed E-state index contributed by atoms with van der Waals surface area (Å²) in [5.41, 5.74) is 17.4. The minimum absolute atomic E-state index is 0.0440. The summed E-state index contributed by atoms with van der Waals surface area (Å²) < 4.78 is 23.3. The molecule has 3 N–H and O–H groups in total. The molecule has 4 aromatic rings. The van der Waals surface area contributed by atoms with Gasteiger partial charge in [0.05, 0.1) is 13.2 Å². The predicted octanol–water partition coefficient (Wildman–Crippen LogP) is 5.31. The van der Waals surface area contributed by atoms with Crippen molar-refractivity contribution in [2.45, 2.75) is 37.6 Å². The van der Waals surface area contributed by atoms with Crippen LogP contribution in [0.2, 0.25) is 0 Å². The number of amides is 1. The molecule has 4 aromatic carbocycles. The van der Waals surface area contributed by atoms with Gasteiger partial charge in [-0.15, -0.1) is 0 Å². The van der Waals surface area contributed by atoms with Gasteiger partial charge in [0.25, 0.3) is 5.91 Å². The topological polar surface area (TPSA) is 159 Å². The maximum absolute atomic E-state index is 14.5. The minimum atomic E-state index is -1.46. The Hall–Kier alpha value is -5.55. The van der Waals surface area contributed by atoms with Gasteiger partial charge >= 0.3 is 0 Å². The number of aliphatic hydroxyl groups is 1. The Morgan fingerprint density at radius 3 is 2.60 bits per heavy atom. The molecule has 240 valence electrons. The minimum Gasteiger partial charge on any atom is -0.494 e. The van der Waals surface area contributed by atoms with Crippen molar-refractivity contribution in [1.82, 2.24) is 10.9 Å². The van der Waals surface area contributed by atoms with Crippen LogP contribution in [0.15, 0.2) is 107 Å². The molecule has 12 heteroatoms. The summed E-state index contributed by atoms with van der Waals surface area (Å²) in [6, 6.07) is 29.9. The lowest BCUT2D eigenvalue weighted by atomic mass is 9.81. The van der Waals surface area contributed by atoms with E-state index in [4.69, 9.17) is 34.6 Å². The fourth-order valence-electron chi connectivity index (χ4n) is 5.59. The van der Waals surface area contributed by atoms with E-state index in [1.807, 2.05) is 84.9 Å². The zero-order valence-corrected chi connectivity index (χ0v) is 25.5. The third-order valence-corrected chi connectivity index (χ3v) is 7.92. The first-order chi connectivity index (χ1) is 23.1. The fraction of sp³-hybridized carbons (Fsp3) is 0.257. The second-order valence-electron chi connectivity index (χ2n) is 11.0.